The third kappa shape index (κ3) is 3.80. The monoisotopic (exact) mass is 394 g/mol. The van der Waals surface area contributed by atoms with Gasteiger partial charge < -0.3 is 9.67 Å². The van der Waals surface area contributed by atoms with E-state index in [9.17, 15) is 23.1 Å². The first kappa shape index (κ1) is 19.3. The first-order chi connectivity index (χ1) is 12.7. The number of hydrogen-bond acceptors (Lipinski definition) is 3. The molecule has 2 heterocycles. The van der Waals surface area contributed by atoms with Crippen LogP contribution in [-0.2, 0) is 23.9 Å². The number of alkyl halides is 3. The molecule has 3 aromatic rings. The number of carbonyl (C=O) groups is 1. The molecule has 0 saturated carbocycles. The van der Waals surface area contributed by atoms with E-state index < -0.39 is 17.7 Å². The molecular weight excluding hydrogens is 377 g/mol. The molecule has 2 aromatic heterocycles. The minimum Gasteiger partial charge on any atom is -0.481 e. The van der Waals surface area contributed by atoms with E-state index in [2.05, 4.69) is 4.98 Å². The van der Waals surface area contributed by atoms with Crippen molar-refractivity contribution in [2.75, 3.05) is 6.26 Å². The van der Waals surface area contributed by atoms with Crippen LogP contribution in [0.1, 0.15) is 22.4 Å². The van der Waals surface area contributed by atoms with Crippen molar-refractivity contribution in [3.8, 4) is 0 Å². The van der Waals surface area contributed by atoms with Gasteiger partial charge >= 0.3 is 12.1 Å². The third-order valence-electron chi connectivity index (χ3n) is 4.49. The van der Waals surface area contributed by atoms with Gasteiger partial charge in [0.25, 0.3) is 0 Å². The summed E-state index contributed by atoms with van der Waals surface area (Å²) in [6.07, 6.45) is -1.42. The molecule has 1 aromatic carbocycles. The Morgan fingerprint density at radius 3 is 2.67 bits per heavy atom. The van der Waals surface area contributed by atoms with E-state index in [1.54, 1.807) is 42.1 Å². The van der Waals surface area contributed by atoms with Gasteiger partial charge in [-0.15, -0.1) is 11.8 Å². The minimum atomic E-state index is -4.48. The average Bonchev–Trinajstić information content (AvgIpc) is 2.87. The Kier molecular flexibility index (Phi) is 5.19. The predicted molar refractivity (Wildman–Crippen MR) is 98.1 cm³/mol. The number of fused-ring (bicyclic) bond motifs is 1. The second-order valence-electron chi connectivity index (χ2n) is 6.12. The number of carboxylic acids is 1. The molecule has 0 spiro atoms. The number of pyridine rings is 1. The van der Waals surface area contributed by atoms with Crippen molar-refractivity contribution >= 4 is 28.8 Å². The highest BCUT2D eigenvalue weighted by molar-refractivity contribution is 7.98. The van der Waals surface area contributed by atoms with Gasteiger partial charge in [-0.2, -0.15) is 13.2 Å². The first-order valence-corrected chi connectivity index (χ1v) is 9.33. The van der Waals surface area contributed by atoms with Gasteiger partial charge in [-0.05, 0) is 48.6 Å². The second-order valence-corrected chi connectivity index (χ2v) is 7.00. The smallest absolute Gasteiger partial charge is 0.416 e. The Balaban J connectivity index is 2.16. The van der Waals surface area contributed by atoms with Gasteiger partial charge in [0, 0.05) is 28.7 Å². The van der Waals surface area contributed by atoms with Crippen molar-refractivity contribution in [1.29, 1.82) is 0 Å². The van der Waals surface area contributed by atoms with E-state index in [0.29, 0.717) is 27.2 Å². The van der Waals surface area contributed by atoms with E-state index in [1.807, 2.05) is 0 Å². The van der Waals surface area contributed by atoms with Crippen molar-refractivity contribution in [3.05, 3.63) is 58.9 Å². The normalized spacial score (nSPS) is 11.9. The molecular formula is C19H17F3N2O2S. The van der Waals surface area contributed by atoms with E-state index in [0.717, 1.165) is 6.07 Å². The van der Waals surface area contributed by atoms with Gasteiger partial charge in [-0.1, -0.05) is 6.07 Å². The zero-order valence-electron chi connectivity index (χ0n) is 14.7. The second kappa shape index (κ2) is 7.26. The molecule has 27 heavy (non-hydrogen) atoms. The molecule has 1 N–H and O–H groups in total. The summed E-state index contributed by atoms with van der Waals surface area (Å²) < 4.78 is 42.3. The van der Waals surface area contributed by atoms with E-state index >= 15 is 0 Å². The van der Waals surface area contributed by atoms with E-state index in [-0.39, 0.29) is 18.5 Å². The van der Waals surface area contributed by atoms with Crippen molar-refractivity contribution < 1.29 is 23.1 Å². The molecule has 0 bridgehead atoms. The SMILES string of the molecule is CSc1ccc(Cn2c(C)c(CC(=O)O)c3cccnc32)c(C(F)(F)F)c1. The van der Waals surface area contributed by atoms with Gasteiger partial charge in [0.1, 0.15) is 5.65 Å². The summed E-state index contributed by atoms with van der Waals surface area (Å²) in [5.74, 6) is -0.999. The van der Waals surface area contributed by atoms with Crippen LogP contribution in [-0.4, -0.2) is 26.9 Å². The molecule has 0 amide bonds. The molecule has 0 unspecified atom stereocenters. The highest BCUT2D eigenvalue weighted by Crippen LogP contribution is 2.36. The summed E-state index contributed by atoms with van der Waals surface area (Å²) in [6, 6.07) is 7.70. The van der Waals surface area contributed by atoms with Crippen LogP contribution < -0.4 is 0 Å². The molecule has 0 fully saturated rings. The molecule has 0 aliphatic rings. The van der Waals surface area contributed by atoms with Crippen LogP contribution in [0.5, 0.6) is 0 Å². The fourth-order valence-corrected chi connectivity index (χ4v) is 3.63. The maximum Gasteiger partial charge on any atom is 0.416 e. The lowest BCUT2D eigenvalue weighted by Crippen LogP contribution is -2.13. The summed E-state index contributed by atoms with van der Waals surface area (Å²) in [5.41, 5.74) is 1.08. The van der Waals surface area contributed by atoms with Crippen LogP contribution in [0.15, 0.2) is 41.4 Å². The first-order valence-electron chi connectivity index (χ1n) is 8.11. The Labute approximate surface area is 158 Å². The maximum atomic E-state index is 13.5. The lowest BCUT2D eigenvalue weighted by atomic mass is 10.1. The fraction of sp³-hybridized carbons (Fsp3) is 0.263. The lowest BCUT2D eigenvalue weighted by Gasteiger charge is -2.16. The number of rotatable bonds is 5. The molecule has 0 aliphatic carbocycles. The zero-order valence-corrected chi connectivity index (χ0v) is 15.5. The topological polar surface area (TPSA) is 55.1 Å². The molecule has 0 atom stereocenters. The van der Waals surface area contributed by atoms with Crippen LogP contribution in [0, 0.1) is 6.92 Å². The van der Waals surface area contributed by atoms with Gasteiger partial charge in [0.05, 0.1) is 12.0 Å². The Bertz CT molecular complexity index is 1010. The van der Waals surface area contributed by atoms with Crippen LogP contribution in [0.3, 0.4) is 0 Å². The highest BCUT2D eigenvalue weighted by atomic mass is 32.2. The van der Waals surface area contributed by atoms with Crippen molar-refractivity contribution in [2.45, 2.75) is 31.0 Å². The number of halogens is 3. The molecule has 0 aliphatic heterocycles. The minimum absolute atomic E-state index is 0.0392. The highest BCUT2D eigenvalue weighted by Gasteiger charge is 2.34. The van der Waals surface area contributed by atoms with E-state index in [1.165, 1.54) is 17.8 Å². The number of carboxylic acid groups (broad SMARTS) is 1. The Hall–Kier alpha value is -2.48. The quantitative estimate of drug-likeness (QED) is 0.634. The standard InChI is InChI=1S/C19H17F3N2O2S/c1-11-15(9-17(25)26)14-4-3-7-23-18(14)24(11)10-12-5-6-13(27-2)8-16(12)19(20,21)22/h3-8H,9-10H2,1-2H3,(H,25,26). The summed E-state index contributed by atoms with van der Waals surface area (Å²) in [5, 5.41) is 9.82. The number of thioether (sulfide) groups is 1. The van der Waals surface area contributed by atoms with Crippen LogP contribution in [0.2, 0.25) is 0 Å². The van der Waals surface area contributed by atoms with Crippen LogP contribution >= 0.6 is 11.8 Å². The Morgan fingerprint density at radius 2 is 2.04 bits per heavy atom. The van der Waals surface area contributed by atoms with Gasteiger partial charge in [0.2, 0.25) is 0 Å². The van der Waals surface area contributed by atoms with Gasteiger partial charge in [0.15, 0.2) is 0 Å². The van der Waals surface area contributed by atoms with Crippen molar-refractivity contribution in [2.24, 2.45) is 0 Å². The number of hydrogen-bond donors (Lipinski definition) is 1. The molecule has 0 saturated heterocycles. The molecule has 3 rings (SSSR count). The van der Waals surface area contributed by atoms with Gasteiger partial charge in [-0.25, -0.2) is 4.98 Å². The Morgan fingerprint density at radius 1 is 1.30 bits per heavy atom. The summed E-state index contributed by atoms with van der Waals surface area (Å²) in [4.78, 5) is 16.0. The average molecular weight is 394 g/mol. The number of aromatic nitrogens is 2. The number of aliphatic carboxylic acids is 1. The molecule has 8 heteroatoms. The van der Waals surface area contributed by atoms with Gasteiger partial charge in [-0.3, -0.25) is 4.79 Å². The predicted octanol–water partition coefficient (Wildman–Crippen LogP) is 4.76. The molecule has 0 radical (unpaired) electrons. The summed E-state index contributed by atoms with van der Waals surface area (Å²) in [7, 11) is 0. The largest absolute Gasteiger partial charge is 0.481 e. The number of benzene rings is 1. The number of nitrogens with zero attached hydrogens (tertiary/aromatic N) is 2. The van der Waals surface area contributed by atoms with Crippen molar-refractivity contribution in [1.82, 2.24) is 9.55 Å². The molecule has 4 nitrogen and oxygen atoms in total. The van der Waals surface area contributed by atoms with E-state index in [4.69, 9.17) is 0 Å². The lowest BCUT2D eigenvalue weighted by molar-refractivity contribution is -0.138. The van der Waals surface area contributed by atoms with Crippen LogP contribution in [0.25, 0.3) is 11.0 Å². The summed E-state index contributed by atoms with van der Waals surface area (Å²) in [6.45, 7) is 1.67. The third-order valence-corrected chi connectivity index (χ3v) is 5.21. The molecule has 142 valence electrons. The van der Waals surface area contributed by atoms with Crippen molar-refractivity contribution in [3.63, 3.8) is 0 Å². The maximum absolute atomic E-state index is 13.5. The van der Waals surface area contributed by atoms with Crippen LogP contribution in [0.4, 0.5) is 13.2 Å². The summed E-state index contributed by atoms with van der Waals surface area (Å²) >= 11 is 1.25. The zero-order chi connectivity index (χ0) is 19.8. The fourth-order valence-electron chi connectivity index (χ4n) is 3.19.